The standard InChI is InChI=1S/C10H10ClIN2/c11-6-2-4-7-3-1-5-8-9(7)13-14-10(8)12/h1,3,5H,2,4,6H2,(H,13,14). The molecular weight excluding hydrogens is 310 g/mol. The molecule has 14 heavy (non-hydrogen) atoms. The molecule has 0 spiro atoms. The molecule has 0 aliphatic carbocycles. The smallest absolute Gasteiger partial charge is 0.104 e. The van der Waals surface area contributed by atoms with E-state index in [0.29, 0.717) is 5.88 Å². The Labute approximate surface area is 101 Å². The number of hydrogen-bond donors (Lipinski definition) is 1. The van der Waals surface area contributed by atoms with Gasteiger partial charge >= 0.3 is 0 Å². The van der Waals surface area contributed by atoms with Crippen LogP contribution in [0, 0.1) is 3.70 Å². The molecule has 2 aromatic rings. The van der Waals surface area contributed by atoms with Gasteiger partial charge in [0, 0.05) is 11.3 Å². The molecule has 2 nitrogen and oxygen atoms in total. The van der Waals surface area contributed by atoms with Crippen molar-refractivity contribution in [2.24, 2.45) is 0 Å². The summed E-state index contributed by atoms with van der Waals surface area (Å²) in [4.78, 5) is 0. The third-order valence-corrected chi connectivity index (χ3v) is 3.29. The minimum absolute atomic E-state index is 0.706. The molecule has 0 bridgehead atoms. The number of nitrogens with zero attached hydrogens (tertiary/aromatic N) is 1. The number of aryl methyl sites for hydroxylation is 1. The highest BCUT2D eigenvalue weighted by Gasteiger charge is 2.06. The van der Waals surface area contributed by atoms with Crippen LogP contribution in [0.15, 0.2) is 18.2 Å². The number of para-hydroxylation sites is 1. The number of fused-ring (bicyclic) bond motifs is 1. The molecule has 1 aromatic carbocycles. The molecule has 0 atom stereocenters. The fraction of sp³-hybridized carbons (Fsp3) is 0.300. The van der Waals surface area contributed by atoms with Crippen LogP contribution in [-0.4, -0.2) is 16.1 Å². The predicted molar refractivity (Wildman–Crippen MR) is 67.9 cm³/mol. The van der Waals surface area contributed by atoms with E-state index < -0.39 is 0 Å². The van der Waals surface area contributed by atoms with Gasteiger partial charge in [-0.3, -0.25) is 5.10 Å². The van der Waals surface area contributed by atoms with Crippen LogP contribution >= 0.6 is 34.2 Å². The molecule has 0 aliphatic rings. The first-order valence-corrected chi connectivity index (χ1v) is 6.11. The van der Waals surface area contributed by atoms with Crippen molar-refractivity contribution in [2.45, 2.75) is 12.8 Å². The Balaban J connectivity index is 2.44. The van der Waals surface area contributed by atoms with Crippen molar-refractivity contribution in [3.63, 3.8) is 0 Å². The first kappa shape index (κ1) is 10.2. The van der Waals surface area contributed by atoms with Gasteiger partial charge in [0.1, 0.15) is 3.70 Å². The number of nitrogens with one attached hydrogen (secondary N) is 1. The molecule has 1 aromatic heterocycles. The zero-order valence-electron chi connectivity index (χ0n) is 7.56. The minimum Gasteiger partial charge on any atom is -0.271 e. The molecule has 0 radical (unpaired) electrons. The number of aromatic amines is 1. The number of aromatic nitrogens is 2. The summed E-state index contributed by atoms with van der Waals surface area (Å²) in [7, 11) is 0. The number of alkyl halides is 1. The van der Waals surface area contributed by atoms with E-state index in [1.165, 1.54) is 10.9 Å². The fourth-order valence-electron chi connectivity index (χ4n) is 1.52. The molecule has 0 aliphatic heterocycles. The number of halogens is 2. The predicted octanol–water partition coefficient (Wildman–Crippen LogP) is 3.34. The summed E-state index contributed by atoms with van der Waals surface area (Å²) in [6, 6.07) is 6.28. The van der Waals surface area contributed by atoms with E-state index >= 15 is 0 Å². The summed E-state index contributed by atoms with van der Waals surface area (Å²) in [5.41, 5.74) is 2.37. The number of H-pyrrole nitrogens is 1. The van der Waals surface area contributed by atoms with E-state index in [-0.39, 0.29) is 0 Å². The summed E-state index contributed by atoms with van der Waals surface area (Å²) in [6.07, 6.45) is 2.01. The lowest BCUT2D eigenvalue weighted by molar-refractivity contribution is 0.931. The first-order valence-electron chi connectivity index (χ1n) is 4.50. The molecule has 0 saturated heterocycles. The molecule has 1 N–H and O–H groups in total. The largest absolute Gasteiger partial charge is 0.271 e. The Morgan fingerprint density at radius 1 is 1.43 bits per heavy atom. The second-order valence-electron chi connectivity index (χ2n) is 3.14. The van der Waals surface area contributed by atoms with E-state index in [9.17, 15) is 0 Å². The lowest BCUT2D eigenvalue weighted by Gasteiger charge is -1.99. The summed E-state index contributed by atoms with van der Waals surface area (Å²) < 4.78 is 1.10. The molecule has 4 heteroatoms. The van der Waals surface area contributed by atoms with E-state index in [1.54, 1.807) is 0 Å². The van der Waals surface area contributed by atoms with Crippen molar-refractivity contribution < 1.29 is 0 Å². The van der Waals surface area contributed by atoms with Crippen molar-refractivity contribution in [2.75, 3.05) is 5.88 Å². The lowest BCUT2D eigenvalue weighted by Crippen LogP contribution is -1.87. The molecular formula is C10H10ClIN2. The maximum absolute atomic E-state index is 5.68. The van der Waals surface area contributed by atoms with Crippen molar-refractivity contribution in [3.05, 3.63) is 27.5 Å². The molecule has 0 saturated carbocycles. The third kappa shape index (κ3) is 1.88. The third-order valence-electron chi connectivity index (χ3n) is 2.20. The van der Waals surface area contributed by atoms with Gasteiger partial charge in [-0.2, -0.15) is 5.10 Å². The SMILES string of the molecule is ClCCCc1cccc2c(I)[nH]nc12. The molecule has 74 valence electrons. The highest BCUT2D eigenvalue weighted by molar-refractivity contribution is 14.1. The van der Waals surface area contributed by atoms with Gasteiger partial charge in [-0.05, 0) is 41.0 Å². The Kier molecular flexibility index (Phi) is 3.28. The zero-order chi connectivity index (χ0) is 9.97. The summed E-state index contributed by atoms with van der Waals surface area (Å²) >= 11 is 7.94. The van der Waals surface area contributed by atoms with Crippen molar-refractivity contribution in [1.29, 1.82) is 0 Å². The average Bonchev–Trinajstić information content (AvgIpc) is 2.58. The molecule has 2 rings (SSSR count). The monoisotopic (exact) mass is 320 g/mol. The molecule has 0 fully saturated rings. The summed E-state index contributed by atoms with van der Waals surface area (Å²) in [6.45, 7) is 0. The Morgan fingerprint density at radius 2 is 2.29 bits per heavy atom. The highest BCUT2D eigenvalue weighted by atomic mass is 127. The van der Waals surface area contributed by atoms with Gasteiger partial charge < -0.3 is 0 Å². The van der Waals surface area contributed by atoms with Gasteiger partial charge in [0.15, 0.2) is 0 Å². The van der Waals surface area contributed by atoms with Crippen molar-refractivity contribution in [3.8, 4) is 0 Å². The van der Waals surface area contributed by atoms with Crippen molar-refractivity contribution in [1.82, 2.24) is 10.2 Å². The zero-order valence-corrected chi connectivity index (χ0v) is 10.5. The first-order chi connectivity index (χ1) is 6.83. The van der Waals surface area contributed by atoms with Gasteiger partial charge in [0.25, 0.3) is 0 Å². The van der Waals surface area contributed by atoms with Crippen molar-refractivity contribution >= 4 is 45.1 Å². The van der Waals surface area contributed by atoms with Crippen LogP contribution in [0.2, 0.25) is 0 Å². The van der Waals surface area contributed by atoms with Gasteiger partial charge in [0.2, 0.25) is 0 Å². The van der Waals surface area contributed by atoms with E-state index in [0.717, 1.165) is 22.1 Å². The fourth-order valence-corrected chi connectivity index (χ4v) is 2.21. The van der Waals surface area contributed by atoms with Crippen LogP contribution in [0.1, 0.15) is 12.0 Å². The van der Waals surface area contributed by atoms with Crippen LogP contribution in [0.3, 0.4) is 0 Å². The number of rotatable bonds is 3. The Bertz CT molecular complexity index is 439. The summed E-state index contributed by atoms with van der Waals surface area (Å²) in [5.74, 6) is 0.706. The van der Waals surface area contributed by atoms with Gasteiger partial charge in [0.05, 0.1) is 5.52 Å². The molecule has 0 unspecified atom stereocenters. The van der Waals surface area contributed by atoms with E-state index in [4.69, 9.17) is 11.6 Å². The Hall–Kier alpha value is -0.290. The van der Waals surface area contributed by atoms with Crippen LogP contribution in [0.25, 0.3) is 10.9 Å². The van der Waals surface area contributed by atoms with E-state index in [1.807, 2.05) is 0 Å². The van der Waals surface area contributed by atoms with Crippen LogP contribution < -0.4 is 0 Å². The topological polar surface area (TPSA) is 28.7 Å². The minimum atomic E-state index is 0.706. The Morgan fingerprint density at radius 3 is 3.07 bits per heavy atom. The lowest BCUT2D eigenvalue weighted by atomic mass is 10.1. The quantitative estimate of drug-likeness (QED) is 0.682. The van der Waals surface area contributed by atoms with Gasteiger partial charge in [-0.1, -0.05) is 18.2 Å². The maximum Gasteiger partial charge on any atom is 0.104 e. The number of benzene rings is 1. The highest BCUT2D eigenvalue weighted by Crippen LogP contribution is 2.21. The normalized spacial score (nSPS) is 11.0. The second-order valence-corrected chi connectivity index (χ2v) is 4.60. The summed E-state index contributed by atoms with van der Waals surface area (Å²) in [5, 5.41) is 8.50. The van der Waals surface area contributed by atoms with Gasteiger partial charge in [-0.15, -0.1) is 11.6 Å². The van der Waals surface area contributed by atoms with E-state index in [2.05, 4.69) is 51.0 Å². The maximum atomic E-state index is 5.68. The molecule has 0 amide bonds. The van der Waals surface area contributed by atoms with Gasteiger partial charge in [-0.25, -0.2) is 0 Å². The van der Waals surface area contributed by atoms with Crippen LogP contribution in [-0.2, 0) is 6.42 Å². The molecule has 1 heterocycles. The van der Waals surface area contributed by atoms with Crippen LogP contribution in [0.5, 0.6) is 0 Å². The number of hydrogen-bond acceptors (Lipinski definition) is 1. The van der Waals surface area contributed by atoms with Crippen LogP contribution in [0.4, 0.5) is 0 Å². The average molecular weight is 321 g/mol. The second kappa shape index (κ2) is 4.49.